The van der Waals surface area contributed by atoms with Crippen LogP contribution in [0.2, 0.25) is 0 Å². The number of nitrogens with one attached hydrogen (secondary N) is 1. The highest BCUT2D eigenvalue weighted by molar-refractivity contribution is 7.10. The second-order valence-corrected chi connectivity index (χ2v) is 8.26. The highest BCUT2D eigenvalue weighted by Crippen LogP contribution is 2.38. The lowest BCUT2D eigenvalue weighted by atomic mass is 9.87. The van der Waals surface area contributed by atoms with E-state index < -0.39 is 0 Å². The molecule has 6 nitrogen and oxygen atoms in total. The SMILES string of the molecule is CC(NC(=NCC(=O)N(C)C)N1CCC2(CCOC2)C1)c1cccs1. The molecule has 1 spiro atoms. The molecule has 0 aliphatic carbocycles. The number of nitrogens with zero attached hydrogens (tertiary/aromatic N) is 3. The Labute approximate surface area is 153 Å². The standard InChI is InChI=1S/C18H28N4O2S/c1-14(15-5-4-10-25-15)20-17(19-11-16(23)21(2)3)22-8-6-18(12-22)7-9-24-13-18/h4-5,10,14H,6-9,11-13H2,1-3H3,(H,19,20). The van der Waals surface area contributed by atoms with E-state index in [0.717, 1.165) is 45.1 Å². The van der Waals surface area contributed by atoms with Crippen molar-refractivity contribution in [1.82, 2.24) is 15.1 Å². The highest BCUT2D eigenvalue weighted by atomic mass is 32.1. The first-order chi connectivity index (χ1) is 12.0. The molecule has 2 atom stereocenters. The van der Waals surface area contributed by atoms with Crippen molar-refractivity contribution in [2.45, 2.75) is 25.8 Å². The number of hydrogen-bond donors (Lipinski definition) is 1. The minimum absolute atomic E-state index is 0.0150. The Morgan fingerprint density at radius 1 is 1.52 bits per heavy atom. The lowest BCUT2D eigenvalue weighted by Gasteiger charge is -2.27. The van der Waals surface area contributed by atoms with Crippen molar-refractivity contribution in [3.8, 4) is 0 Å². The number of amides is 1. The summed E-state index contributed by atoms with van der Waals surface area (Å²) in [7, 11) is 3.53. The van der Waals surface area contributed by atoms with E-state index in [2.05, 4.69) is 39.6 Å². The molecule has 1 amide bonds. The largest absolute Gasteiger partial charge is 0.381 e. The summed E-state index contributed by atoms with van der Waals surface area (Å²) in [5.41, 5.74) is 0.264. The molecule has 3 rings (SSSR count). The van der Waals surface area contributed by atoms with Gasteiger partial charge in [-0.2, -0.15) is 0 Å². The summed E-state index contributed by atoms with van der Waals surface area (Å²) in [5, 5.41) is 5.62. The first-order valence-electron chi connectivity index (χ1n) is 8.86. The summed E-state index contributed by atoms with van der Waals surface area (Å²) in [6.07, 6.45) is 2.25. The van der Waals surface area contributed by atoms with Crippen LogP contribution in [0.15, 0.2) is 22.5 Å². The van der Waals surface area contributed by atoms with Crippen molar-refractivity contribution < 1.29 is 9.53 Å². The number of thiophene rings is 1. The van der Waals surface area contributed by atoms with Gasteiger partial charge in [0.05, 0.1) is 12.6 Å². The zero-order valence-electron chi connectivity index (χ0n) is 15.3. The number of ether oxygens (including phenoxy) is 1. The molecule has 2 aliphatic rings. The maximum atomic E-state index is 12.0. The molecule has 0 bridgehead atoms. The predicted octanol–water partition coefficient (Wildman–Crippen LogP) is 1.96. The van der Waals surface area contributed by atoms with Crippen molar-refractivity contribution >= 4 is 23.2 Å². The summed E-state index contributed by atoms with van der Waals surface area (Å²) in [5.74, 6) is 0.848. The van der Waals surface area contributed by atoms with Crippen LogP contribution in [0.1, 0.15) is 30.7 Å². The van der Waals surface area contributed by atoms with E-state index >= 15 is 0 Å². The van der Waals surface area contributed by atoms with Gasteiger partial charge in [0.1, 0.15) is 6.54 Å². The summed E-state index contributed by atoms with van der Waals surface area (Å²) in [6.45, 7) is 5.92. The second-order valence-electron chi connectivity index (χ2n) is 7.28. The van der Waals surface area contributed by atoms with Crippen LogP contribution in [0.4, 0.5) is 0 Å². The third kappa shape index (κ3) is 4.33. The number of aliphatic imine (C=N–C) groups is 1. The molecule has 2 unspecified atom stereocenters. The number of hydrogen-bond acceptors (Lipinski definition) is 4. The van der Waals surface area contributed by atoms with Crippen molar-refractivity contribution in [3.05, 3.63) is 22.4 Å². The fourth-order valence-electron chi connectivity index (χ4n) is 3.41. The molecule has 1 aromatic heterocycles. The van der Waals surface area contributed by atoms with Crippen LogP contribution in [-0.4, -0.2) is 68.6 Å². The van der Waals surface area contributed by atoms with Gasteiger partial charge in [-0.15, -0.1) is 11.3 Å². The zero-order valence-corrected chi connectivity index (χ0v) is 16.1. The molecule has 1 aromatic rings. The quantitative estimate of drug-likeness (QED) is 0.655. The number of likely N-dealkylation sites (tertiary alicyclic amines) is 1. The molecule has 2 fully saturated rings. The fourth-order valence-corrected chi connectivity index (χ4v) is 4.15. The molecular formula is C18H28N4O2S. The van der Waals surface area contributed by atoms with Gasteiger partial charge >= 0.3 is 0 Å². The van der Waals surface area contributed by atoms with Gasteiger partial charge in [-0.3, -0.25) is 4.79 Å². The lowest BCUT2D eigenvalue weighted by Crippen LogP contribution is -2.43. The Morgan fingerprint density at radius 2 is 2.36 bits per heavy atom. The van der Waals surface area contributed by atoms with Crippen LogP contribution < -0.4 is 5.32 Å². The molecule has 0 aromatic carbocycles. The first kappa shape index (κ1) is 18.2. The van der Waals surface area contributed by atoms with Gasteiger partial charge in [-0.1, -0.05) is 6.07 Å². The molecule has 25 heavy (non-hydrogen) atoms. The van der Waals surface area contributed by atoms with Crippen molar-refractivity contribution in [2.24, 2.45) is 10.4 Å². The molecule has 138 valence electrons. The maximum absolute atomic E-state index is 12.0. The van der Waals surface area contributed by atoms with Crippen molar-refractivity contribution in [3.63, 3.8) is 0 Å². The van der Waals surface area contributed by atoms with E-state index in [-0.39, 0.29) is 23.9 Å². The van der Waals surface area contributed by atoms with Gasteiger partial charge in [-0.05, 0) is 31.2 Å². The van der Waals surface area contributed by atoms with E-state index in [9.17, 15) is 4.79 Å². The summed E-state index contributed by atoms with van der Waals surface area (Å²) < 4.78 is 5.63. The molecule has 0 radical (unpaired) electrons. The van der Waals surface area contributed by atoms with Gasteiger partial charge in [0, 0.05) is 44.1 Å². The molecule has 2 saturated heterocycles. The minimum atomic E-state index is 0.0150. The average molecular weight is 365 g/mol. The average Bonchev–Trinajstić information content (AvgIpc) is 3.34. The number of guanidine groups is 1. The van der Waals surface area contributed by atoms with E-state index in [1.54, 1.807) is 30.3 Å². The van der Waals surface area contributed by atoms with Crippen LogP contribution in [0.3, 0.4) is 0 Å². The Hall–Kier alpha value is -1.60. The molecule has 2 aliphatic heterocycles. The summed E-state index contributed by atoms with van der Waals surface area (Å²) in [6, 6.07) is 4.36. The highest BCUT2D eigenvalue weighted by Gasteiger charge is 2.42. The van der Waals surface area contributed by atoms with Crippen LogP contribution in [0.25, 0.3) is 0 Å². The van der Waals surface area contributed by atoms with E-state index in [1.165, 1.54) is 4.88 Å². The number of likely N-dealkylation sites (N-methyl/N-ethyl adjacent to an activating group) is 1. The van der Waals surface area contributed by atoms with Gasteiger partial charge in [0.2, 0.25) is 5.91 Å². The Balaban J connectivity index is 1.72. The summed E-state index contributed by atoms with van der Waals surface area (Å²) in [4.78, 5) is 21.8. The van der Waals surface area contributed by atoms with Crippen molar-refractivity contribution in [2.75, 3.05) is 46.9 Å². The smallest absolute Gasteiger partial charge is 0.243 e. The Morgan fingerprint density at radius 3 is 3.00 bits per heavy atom. The third-order valence-corrected chi connectivity index (χ3v) is 6.16. The number of carbonyl (C=O) groups excluding carboxylic acids is 1. The van der Waals surface area contributed by atoms with Crippen molar-refractivity contribution in [1.29, 1.82) is 0 Å². The number of carbonyl (C=O) groups is 1. The van der Waals surface area contributed by atoms with E-state index in [0.29, 0.717) is 0 Å². The zero-order chi connectivity index (χ0) is 17.9. The second kappa shape index (κ2) is 7.74. The van der Waals surface area contributed by atoms with Gasteiger partial charge in [0.15, 0.2) is 5.96 Å². The van der Waals surface area contributed by atoms with Crippen LogP contribution in [-0.2, 0) is 9.53 Å². The molecule has 7 heteroatoms. The minimum Gasteiger partial charge on any atom is -0.381 e. The monoisotopic (exact) mass is 364 g/mol. The Bertz CT molecular complexity index is 609. The number of rotatable bonds is 4. The molecule has 0 saturated carbocycles. The maximum Gasteiger partial charge on any atom is 0.243 e. The van der Waals surface area contributed by atoms with E-state index in [4.69, 9.17) is 4.74 Å². The van der Waals surface area contributed by atoms with Gasteiger partial charge in [-0.25, -0.2) is 4.99 Å². The molecule has 3 heterocycles. The van der Waals surface area contributed by atoms with Gasteiger partial charge in [0.25, 0.3) is 0 Å². The van der Waals surface area contributed by atoms with Crippen LogP contribution in [0, 0.1) is 5.41 Å². The summed E-state index contributed by atoms with van der Waals surface area (Å²) >= 11 is 1.73. The molecule has 1 N–H and O–H groups in total. The normalized spacial score (nSPS) is 24.8. The molecular weight excluding hydrogens is 336 g/mol. The van der Waals surface area contributed by atoms with Crippen LogP contribution >= 0.6 is 11.3 Å². The predicted molar refractivity (Wildman–Crippen MR) is 101 cm³/mol. The first-order valence-corrected chi connectivity index (χ1v) is 9.74. The topological polar surface area (TPSA) is 57.2 Å². The van der Waals surface area contributed by atoms with Gasteiger partial charge < -0.3 is 19.9 Å². The van der Waals surface area contributed by atoms with Crippen LogP contribution in [0.5, 0.6) is 0 Å². The lowest BCUT2D eigenvalue weighted by molar-refractivity contribution is -0.127. The fraction of sp³-hybridized carbons (Fsp3) is 0.667. The van der Waals surface area contributed by atoms with E-state index in [1.807, 2.05) is 0 Å². The Kier molecular flexibility index (Phi) is 5.64. The third-order valence-electron chi connectivity index (χ3n) is 5.10.